The van der Waals surface area contributed by atoms with Crippen LogP contribution >= 0.6 is 0 Å². The van der Waals surface area contributed by atoms with Crippen LogP contribution in [0.15, 0.2) is 48.5 Å². The van der Waals surface area contributed by atoms with Gasteiger partial charge < -0.3 is 9.64 Å². The Balaban J connectivity index is 1.69. The Morgan fingerprint density at radius 3 is 2.50 bits per heavy atom. The second-order valence-corrected chi connectivity index (χ2v) is 9.16. The first-order valence-electron chi connectivity index (χ1n) is 9.89. The first-order valence-corrected chi connectivity index (χ1v) is 11.5. The summed E-state index contributed by atoms with van der Waals surface area (Å²) in [6.45, 7) is 1.31. The van der Waals surface area contributed by atoms with Gasteiger partial charge in [0.2, 0.25) is 16.4 Å². The van der Waals surface area contributed by atoms with Gasteiger partial charge in [-0.1, -0.05) is 17.9 Å². The molecule has 1 saturated heterocycles. The van der Waals surface area contributed by atoms with Crippen LogP contribution in [0.1, 0.15) is 5.56 Å². The van der Waals surface area contributed by atoms with Gasteiger partial charge in [-0.25, -0.2) is 17.9 Å². The zero-order valence-corrected chi connectivity index (χ0v) is 18.3. The molecule has 1 heterocycles. The molecule has 1 N–H and O–H groups in total. The van der Waals surface area contributed by atoms with Gasteiger partial charge in [-0.05, 0) is 42.5 Å². The molecule has 0 aliphatic carbocycles. The number of carbonyl (C=O) groups excluding carboxylic acids is 1. The zero-order chi connectivity index (χ0) is 23.1. The van der Waals surface area contributed by atoms with Crippen molar-refractivity contribution in [3.8, 4) is 17.6 Å². The van der Waals surface area contributed by atoms with Gasteiger partial charge in [0.1, 0.15) is 17.6 Å². The van der Waals surface area contributed by atoms with Crippen LogP contribution in [-0.2, 0) is 14.8 Å². The Labute approximate surface area is 186 Å². The summed E-state index contributed by atoms with van der Waals surface area (Å²) in [5.41, 5.74) is 1.37. The standard InChI is InChI=1S/C22H24FN3O5S/c1-31-22-4-2-3-18(15-22)5-8-21(26(28)17-27)16-32(29,30)25-13-11-24(12-14-25)20-9-6-19(23)7-10-20/h2-4,6-7,9-10,15,17,21,28H,11-14,16H2,1H3. The fourth-order valence-corrected chi connectivity index (χ4v) is 4.87. The van der Waals surface area contributed by atoms with Crippen molar-refractivity contribution < 1.29 is 27.5 Å². The van der Waals surface area contributed by atoms with E-state index in [4.69, 9.17) is 4.74 Å². The molecule has 1 amide bonds. The van der Waals surface area contributed by atoms with E-state index in [2.05, 4.69) is 11.8 Å². The molecule has 0 spiro atoms. The summed E-state index contributed by atoms with van der Waals surface area (Å²) in [7, 11) is -2.29. The predicted octanol–water partition coefficient (Wildman–Crippen LogP) is 1.55. The van der Waals surface area contributed by atoms with Crippen LogP contribution in [0.3, 0.4) is 0 Å². The zero-order valence-electron chi connectivity index (χ0n) is 17.5. The quantitative estimate of drug-likeness (QED) is 0.291. The maximum atomic E-state index is 13.1. The number of piperazine rings is 1. The first kappa shape index (κ1) is 23.5. The number of rotatable bonds is 7. The van der Waals surface area contributed by atoms with E-state index >= 15 is 0 Å². The van der Waals surface area contributed by atoms with E-state index in [1.165, 1.54) is 23.5 Å². The third-order valence-corrected chi connectivity index (χ3v) is 6.96. The fraction of sp³-hybridized carbons (Fsp3) is 0.318. The topological polar surface area (TPSA) is 90.4 Å². The maximum Gasteiger partial charge on any atom is 0.234 e. The molecule has 32 heavy (non-hydrogen) atoms. The average Bonchev–Trinajstić information content (AvgIpc) is 2.82. The molecule has 1 fully saturated rings. The third-order valence-electron chi connectivity index (χ3n) is 5.07. The normalized spacial score (nSPS) is 15.4. The highest BCUT2D eigenvalue weighted by atomic mass is 32.2. The van der Waals surface area contributed by atoms with Crippen molar-refractivity contribution in [2.75, 3.05) is 43.9 Å². The SMILES string of the molecule is COc1cccc(C#CC(CS(=O)(=O)N2CCN(c3ccc(F)cc3)CC2)N(O)C=O)c1. The summed E-state index contributed by atoms with van der Waals surface area (Å²) in [6.07, 6.45) is 0.132. The first-order chi connectivity index (χ1) is 15.3. The predicted molar refractivity (Wildman–Crippen MR) is 117 cm³/mol. The Kier molecular flexibility index (Phi) is 7.69. The lowest BCUT2D eigenvalue weighted by molar-refractivity contribution is -0.153. The van der Waals surface area contributed by atoms with E-state index < -0.39 is 21.8 Å². The Morgan fingerprint density at radius 1 is 1.19 bits per heavy atom. The van der Waals surface area contributed by atoms with Crippen LogP contribution in [0, 0.1) is 17.7 Å². The summed E-state index contributed by atoms with van der Waals surface area (Å²) in [6, 6.07) is 11.6. The third kappa shape index (κ3) is 5.97. The number of anilines is 1. The van der Waals surface area contributed by atoms with Gasteiger partial charge in [0.05, 0.1) is 12.9 Å². The van der Waals surface area contributed by atoms with Gasteiger partial charge >= 0.3 is 0 Å². The molecular weight excluding hydrogens is 437 g/mol. The van der Waals surface area contributed by atoms with Crippen LogP contribution in [0.5, 0.6) is 5.75 Å². The highest BCUT2D eigenvalue weighted by molar-refractivity contribution is 7.89. The molecule has 0 saturated carbocycles. The van der Waals surface area contributed by atoms with Crippen molar-refractivity contribution in [3.63, 3.8) is 0 Å². The smallest absolute Gasteiger partial charge is 0.234 e. The number of ether oxygens (including phenoxy) is 1. The molecule has 2 aromatic rings. The summed E-state index contributed by atoms with van der Waals surface area (Å²) in [5.74, 6) is 5.14. The van der Waals surface area contributed by atoms with Gasteiger partial charge in [0.15, 0.2) is 0 Å². The number of benzene rings is 2. The molecule has 0 bridgehead atoms. The monoisotopic (exact) mass is 461 g/mol. The van der Waals surface area contributed by atoms with Crippen LogP contribution in [-0.4, -0.2) is 74.5 Å². The van der Waals surface area contributed by atoms with E-state index in [-0.39, 0.29) is 30.4 Å². The van der Waals surface area contributed by atoms with Crippen molar-refractivity contribution >= 4 is 22.1 Å². The van der Waals surface area contributed by atoms with Gasteiger partial charge in [-0.15, -0.1) is 0 Å². The number of amides is 1. The van der Waals surface area contributed by atoms with Crippen molar-refractivity contribution in [1.82, 2.24) is 9.37 Å². The van der Waals surface area contributed by atoms with Crippen LogP contribution in [0.4, 0.5) is 10.1 Å². The molecule has 0 radical (unpaired) electrons. The van der Waals surface area contributed by atoms with Gasteiger partial charge in [-0.3, -0.25) is 10.0 Å². The molecule has 1 atom stereocenters. The molecule has 170 valence electrons. The molecular formula is C22H24FN3O5S. The highest BCUT2D eigenvalue weighted by Crippen LogP contribution is 2.19. The summed E-state index contributed by atoms with van der Waals surface area (Å²) >= 11 is 0. The largest absolute Gasteiger partial charge is 0.497 e. The van der Waals surface area contributed by atoms with E-state index in [9.17, 15) is 22.8 Å². The molecule has 0 aromatic heterocycles. The number of hydroxylamine groups is 2. The number of methoxy groups -OCH3 is 1. The average molecular weight is 462 g/mol. The van der Waals surface area contributed by atoms with E-state index in [1.54, 1.807) is 36.4 Å². The van der Waals surface area contributed by atoms with Gasteiger partial charge in [-0.2, -0.15) is 4.31 Å². The lowest BCUT2D eigenvalue weighted by Gasteiger charge is -2.36. The maximum absolute atomic E-state index is 13.1. The van der Waals surface area contributed by atoms with Crippen molar-refractivity contribution in [3.05, 3.63) is 59.9 Å². The van der Waals surface area contributed by atoms with Crippen LogP contribution < -0.4 is 9.64 Å². The molecule has 1 aliphatic rings. The fourth-order valence-electron chi connectivity index (χ4n) is 3.31. The highest BCUT2D eigenvalue weighted by Gasteiger charge is 2.31. The van der Waals surface area contributed by atoms with Gasteiger partial charge in [0, 0.05) is 37.4 Å². The second kappa shape index (κ2) is 10.5. The van der Waals surface area contributed by atoms with Crippen molar-refractivity contribution in [1.29, 1.82) is 0 Å². The second-order valence-electron chi connectivity index (χ2n) is 7.14. The van der Waals surface area contributed by atoms with E-state index in [0.717, 1.165) is 5.69 Å². The molecule has 1 aliphatic heterocycles. The lowest BCUT2D eigenvalue weighted by atomic mass is 10.2. The number of sulfonamides is 1. The van der Waals surface area contributed by atoms with Crippen LogP contribution in [0.25, 0.3) is 0 Å². The summed E-state index contributed by atoms with van der Waals surface area (Å²) in [4.78, 5) is 13.1. The minimum absolute atomic E-state index is 0.132. The minimum atomic E-state index is -3.81. The molecule has 8 nitrogen and oxygen atoms in total. The molecule has 1 unspecified atom stereocenters. The van der Waals surface area contributed by atoms with E-state index in [1.807, 2.05) is 4.90 Å². The number of halogens is 1. The summed E-state index contributed by atoms with van der Waals surface area (Å²) < 4.78 is 45.4. The molecule has 2 aromatic carbocycles. The van der Waals surface area contributed by atoms with Crippen molar-refractivity contribution in [2.24, 2.45) is 0 Å². The molecule has 10 heteroatoms. The Bertz CT molecular complexity index is 1090. The number of hydrogen-bond acceptors (Lipinski definition) is 6. The lowest BCUT2D eigenvalue weighted by Crippen LogP contribution is -2.51. The van der Waals surface area contributed by atoms with Gasteiger partial charge in [0.25, 0.3) is 0 Å². The number of nitrogens with zero attached hydrogens (tertiary/aromatic N) is 3. The Morgan fingerprint density at radius 2 is 1.88 bits per heavy atom. The number of carbonyl (C=O) groups is 1. The van der Waals surface area contributed by atoms with Crippen molar-refractivity contribution in [2.45, 2.75) is 6.04 Å². The molecule has 3 rings (SSSR count). The van der Waals surface area contributed by atoms with Crippen LogP contribution in [0.2, 0.25) is 0 Å². The Hall–Kier alpha value is -3.13. The summed E-state index contributed by atoms with van der Waals surface area (Å²) in [5, 5.41) is 10.2. The van der Waals surface area contributed by atoms with E-state index in [0.29, 0.717) is 24.4 Å². The minimum Gasteiger partial charge on any atom is -0.497 e. The number of hydrogen-bond donors (Lipinski definition) is 1.